The highest BCUT2D eigenvalue weighted by atomic mass is 127. The maximum atomic E-state index is 4.93. The minimum Gasteiger partial charge on any atom is -0.364 e. The van der Waals surface area contributed by atoms with Crippen molar-refractivity contribution < 1.29 is 4.52 Å². The summed E-state index contributed by atoms with van der Waals surface area (Å²) in [6.07, 6.45) is 5.49. The van der Waals surface area contributed by atoms with E-state index in [1.54, 1.807) is 6.26 Å². The summed E-state index contributed by atoms with van der Waals surface area (Å²) in [4.78, 5) is 11.9. The first kappa shape index (κ1) is 24.4. The predicted octanol–water partition coefficient (Wildman–Crippen LogP) is 2.74. The molecule has 2 unspecified atom stereocenters. The van der Waals surface area contributed by atoms with Gasteiger partial charge in [-0.2, -0.15) is 0 Å². The number of hydrogen-bond acceptors (Lipinski definition) is 5. The van der Waals surface area contributed by atoms with Crippen LogP contribution in [0.4, 0.5) is 0 Å². The van der Waals surface area contributed by atoms with Gasteiger partial charge in [-0.05, 0) is 37.6 Å². The molecule has 1 aromatic heterocycles. The minimum absolute atomic E-state index is 0. The van der Waals surface area contributed by atoms with Crippen molar-refractivity contribution in [2.45, 2.75) is 39.7 Å². The van der Waals surface area contributed by atoms with Crippen LogP contribution in [0, 0.1) is 11.8 Å². The highest BCUT2D eigenvalue weighted by Crippen LogP contribution is 2.20. The Balaban J connectivity index is 0.00000300. The quantitative estimate of drug-likeness (QED) is 0.259. The number of hydrogen-bond donors (Lipinski definition) is 1. The Bertz CT molecular complexity index is 578. The summed E-state index contributed by atoms with van der Waals surface area (Å²) in [6, 6.07) is 1.94. The monoisotopic (exact) mass is 518 g/mol. The highest BCUT2D eigenvalue weighted by Gasteiger charge is 2.22. The van der Waals surface area contributed by atoms with Gasteiger partial charge in [0.2, 0.25) is 0 Å². The van der Waals surface area contributed by atoms with Gasteiger partial charge in [0, 0.05) is 65.5 Å². The van der Waals surface area contributed by atoms with E-state index in [2.05, 4.69) is 44.0 Å². The number of aromatic nitrogens is 1. The van der Waals surface area contributed by atoms with Gasteiger partial charge < -0.3 is 19.6 Å². The van der Waals surface area contributed by atoms with Gasteiger partial charge in [-0.1, -0.05) is 19.0 Å². The topological polar surface area (TPSA) is 60.1 Å². The fraction of sp³-hybridized carbons (Fsp3) is 0.810. The van der Waals surface area contributed by atoms with Crippen LogP contribution in [0.2, 0.25) is 0 Å². The molecule has 3 heterocycles. The maximum Gasteiger partial charge on any atom is 0.193 e. The maximum absolute atomic E-state index is 4.93. The Morgan fingerprint density at radius 3 is 2.48 bits per heavy atom. The normalized spacial score (nSPS) is 24.4. The predicted molar refractivity (Wildman–Crippen MR) is 129 cm³/mol. The number of likely N-dealkylation sites (tertiary alicyclic amines) is 1. The van der Waals surface area contributed by atoms with Gasteiger partial charge in [0.05, 0.1) is 5.69 Å². The summed E-state index contributed by atoms with van der Waals surface area (Å²) >= 11 is 0. The SMILES string of the molecule is CN=C(NCCCCN1CC(C)CC(C)C1)N1CCN(Cc2ccon2)CC1.I. The van der Waals surface area contributed by atoms with Crippen LogP contribution in [-0.4, -0.2) is 85.2 Å². The molecule has 0 bridgehead atoms. The zero-order valence-electron chi connectivity index (χ0n) is 18.3. The fourth-order valence-electron chi connectivity index (χ4n) is 4.63. The molecular formula is C21H39IN6O. The van der Waals surface area contributed by atoms with Gasteiger partial charge >= 0.3 is 0 Å². The average molecular weight is 518 g/mol. The summed E-state index contributed by atoms with van der Waals surface area (Å²) < 4.78 is 4.93. The van der Waals surface area contributed by atoms with Crippen LogP contribution in [0.15, 0.2) is 21.8 Å². The van der Waals surface area contributed by atoms with Crippen LogP contribution in [-0.2, 0) is 6.54 Å². The molecule has 0 radical (unpaired) electrons. The Hall–Kier alpha value is -0.870. The smallest absolute Gasteiger partial charge is 0.193 e. The molecule has 0 saturated carbocycles. The van der Waals surface area contributed by atoms with E-state index in [0.29, 0.717) is 0 Å². The van der Waals surface area contributed by atoms with Crippen LogP contribution in [0.5, 0.6) is 0 Å². The molecule has 0 aliphatic carbocycles. The van der Waals surface area contributed by atoms with E-state index in [9.17, 15) is 0 Å². The van der Waals surface area contributed by atoms with Crippen LogP contribution in [0.25, 0.3) is 0 Å². The van der Waals surface area contributed by atoms with E-state index in [4.69, 9.17) is 4.52 Å². The number of piperidine rings is 1. The number of halogens is 1. The molecule has 29 heavy (non-hydrogen) atoms. The zero-order valence-corrected chi connectivity index (χ0v) is 20.7. The summed E-state index contributed by atoms with van der Waals surface area (Å²) in [5.74, 6) is 2.74. The van der Waals surface area contributed by atoms with Crippen molar-refractivity contribution in [2.24, 2.45) is 16.8 Å². The lowest BCUT2D eigenvalue weighted by Crippen LogP contribution is -2.52. The summed E-state index contributed by atoms with van der Waals surface area (Å²) in [5, 5.41) is 7.58. The Morgan fingerprint density at radius 1 is 1.14 bits per heavy atom. The third-order valence-electron chi connectivity index (χ3n) is 5.89. The fourth-order valence-corrected chi connectivity index (χ4v) is 4.63. The van der Waals surface area contributed by atoms with E-state index in [1.807, 2.05) is 13.1 Å². The lowest BCUT2D eigenvalue weighted by molar-refractivity contribution is 0.139. The van der Waals surface area contributed by atoms with Gasteiger partial charge in [0.1, 0.15) is 6.26 Å². The first-order valence-electron chi connectivity index (χ1n) is 10.9. The number of rotatable bonds is 7. The molecule has 3 rings (SSSR count). The molecule has 0 amide bonds. The van der Waals surface area contributed by atoms with Crippen molar-refractivity contribution in [3.05, 3.63) is 18.0 Å². The number of aliphatic imine (C=N–C) groups is 1. The number of nitrogens with zero attached hydrogens (tertiary/aromatic N) is 5. The lowest BCUT2D eigenvalue weighted by Gasteiger charge is -2.36. The van der Waals surface area contributed by atoms with E-state index in [0.717, 1.165) is 62.8 Å². The molecule has 166 valence electrons. The van der Waals surface area contributed by atoms with Gasteiger partial charge in [0.25, 0.3) is 0 Å². The van der Waals surface area contributed by atoms with Crippen LogP contribution in [0.3, 0.4) is 0 Å². The summed E-state index contributed by atoms with van der Waals surface area (Å²) in [5.41, 5.74) is 1.01. The van der Waals surface area contributed by atoms with Crippen molar-refractivity contribution in [3.63, 3.8) is 0 Å². The number of guanidine groups is 1. The molecule has 7 nitrogen and oxygen atoms in total. The van der Waals surface area contributed by atoms with E-state index in [1.165, 1.54) is 38.9 Å². The molecule has 0 aromatic carbocycles. The molecule has 2 saturated heterocycles. The van der Waals surface area contributed by atoms with Crippen molar-refractivity contribution in [2.75, 3.05) is 59.4 Å². The van der Waals surface area contributed by atoms with Crippen molar-refractivity contribution >= 4 is 29.9 Å². The van der Waals surface area contributed by atoms with Crippen LogP contribution < -0.4 is 5.32 Å². The number of unbranched alkanes of at least 4 members (excludes halogenated alkanes) is 1. The van der Waals surface area contributed by atoms with Crippen molar-refractivity contribution in [1.82, 2.24) is 25.2 Å². The highest BCUT2D eigenvalue weighted by molar-refractivity contribution is 14.0. The van der Waals surface area contributed by atoms with Crippen molar-refractivity contribution in [3.8, 4) is 0 Å². The Morgan fingerprint density at radius 2 is 1.86 bits per heavy atom. The van der Waals surface area contributed by atoms with Gasteiger partial charge in [-0.15, -0.1) is 24.0 Å². The molecule has 2 atom stereocenters. The summed E-state index contributed by atoms with van der Waals surface area (Å²) in [7, 11) is 1.89. The number of nitrogens with one attached hydrogen (secondary N) is 1. The van der Waals surface area contributed by atoms with Crippen LogP contribution >= 0.6 is 24.0 Å². The second-order valence-corrected chi connectivity index (χ2v) is 8.64. The molecule has 2 fully saturated rings. The second-order valence-electron chi connectivity index (χ2n) is 8.64. The Labute approximate surface area is 193 Å². The third-order valence-corrected chi connectivity index (χ3v) is 5.89. The molecular weight excluding hydrogens is 479 g/mol. The Kier molecular flexibility index (Phi) is 10.7. The first-order chi connectivity index (χ1) is 13.6. The third kappa shape index (κ3) is 8.05. The molecule has 2 aliphatic rings. The summed E-state index contributed by atoms with van der Waals surface area (Å²) in [6.45, 7) is 14.5. The van der Waals surface area contributed by atoms with Crippen LogP contribution in [0.1, 0.15) is 38.8 Å². The molecule has 1 N–H and O–H groups in total. The largest absolute Gasteiger partial charge is 0.364 e. The first-order valence-corrected chi connectivity index (χ1v) is 10.9. The molecule has 0 spiro atoms. The molecule has 1 aromatic rings. The lowest BCUT2D eigenvalue weighted by atomic mass is 9.92. The van der Waals surface area contributed by atoms with Gasteiger partial charge in [0.15, 0.2) is 5.96 Å². The minimum atomic E-state index is 0. The average Bonchev–Trinajstić information content (AvgIpc) is 3.18. The van der Waals surface area contributed by atoms with E-state index < -0.39 is 0 Å². The zero-order chi connectivity index (χ0) is 19.8. The van der Waals surface area contributed by atoms with E-state index >= 15 is 0 Å². The van der Waals surface area contributed by atoms with Gasteiger partial charge in [-0.25, -0.2) is 0 Å². The van der Waals surface area contributed by atoms with E-state index in [-0.39, 0.29) is 24.0 Å². The number of piperazine rings is 1. The second kappa shape index (κ2) is 12.7. The standard InChI is InChI=1S/C21H38N6O.HI/c1-18-14-19(2)16-26(15-18)8-5-4-7-23-21(22-3)27-11-9-25(10-12-27)17-20-6-13-28-24-20;/h6,13,18-19H,4-5,7-12,14-17H2,1-3H3,(H,22,23);1H. The van der Waals surface area contributed by atoms with Crippen molar-refractivity contribution in [1.29, 1.82) is 0 Å². The van der Waals surface area contributed by atoms with Gasteiger partial charge in [-0.3, -0.25) is 9.89 Å². The molecule has 8 heteroatoms. The molecule has 2 aliphatic heterocycles.